The molecule has 0 aliphatic heterocycles. The highest BCUT2D eigenvalue weighted by molar-refractivity contribution is 5.95. The van der Waals surface area contributed by atoms with Crippen LogP contribution in [-0.4, -0.2) is 61.4 Å². The lowest BCUT2D eigenvalue weighted by Gasteiger charge is -2.32. The summed E-state index contributed by atoms with van der Waals surface area (Å²) in [5, 5.41) is 29.5. The maximum atomic E-state index is 12.0. The van der Waals surface area contributed by atoms with Crippen molar-refractivity contribution in [2.45, 2.75) is 51.7 Å². The molecule has 2 aromatic rings. The number of hydrogen-bond acceptors (Lipinski definition) is 8. The van der Waals surface area contributed by atoms with Gasteiger partial charge in [0.2, 0.25) is 0 Å². The molecule has 0 saturated heterocycles. The number of ether oxygens (including phenoxy) is 2. The van der Waals surface area contributed by atoms with Gasteiger partial charge in [-0.3, -0.25) is 0 Å². The van der Waals surface area contributed by atoms with Crippen LogP contribution in [0.15, 0.2) is 36.4 Å². The zero-order valence-electron chi connectivity index (χ0n) is 22.4. The fraction of sp³-hybridized carbons (Fsp3) is 0.483. The van der Waals surface area contributed by atoms with Gasteiger partial charge in [-0.25, -0.2) is 9.59 Å². The average Bonchev–Trinajstić information content (AvgIpc) is 2.92. The molecule has 2 aromatic carbocycles. The standard InChI is InChI=1S/C29H38N2O6/c1-20(2)29(19-30,26-8-7-22(17-32)25(16-26)18-33)10-6-11-31(3)12-9-21-13-23(27(34)36-4)15-24(14-21)28(35)37-5/h7-8,13-16,20,32-33H,6,9-12,17-18H2,1-5H3. The number of carbonyl (C=O) groups excluding carboxylic acids is 2. The van der Waals surface area contributed by atoms with Crippen LogP contribution in [0.1, 0.15) is 69.7 Å². The minimum Gasteiger partial charge on any atom is -0.465 e. The first-order valence-electron chi connectivity index (χ1n) is 12.4. The number of carbonyl (C=O) groups is 2. The van der Waals surface area contributed by atoms with Gasteiger partial charge in [0, 0.05) is 6.54 Å². The van der Waals surface area contributed by atoms with Crippen molar-refractivity contribution < 1.29 is 29.3 Å². The van der Waals surface area contributed by atoms with Crippen molar-refractivity contribution in [2.75, 3.05) is 34.4 Å². The van der Waals surface area contributed by atoms with Crippen LogP contribution < -0.4 is 0 Å². The molecule has 0 aliphatic rings. The van der Waals surface area contributed by atoms with E-state index in [1.807, 2.05) is 33.0 Å². The monoisotopic (exact) mass is 510 g/mol. The van der Waals surface area contributed by atoms with Gasteiger partial charge in [0.25, 0.3) is 0 Å². The van der Waals surface area contributed by atoms with Crippen LogP contribution in [0, 0.1) is 17.2 Å². The summed E-state index contributed by atoms with van der Waals surface area (Å²) in [6.07, 6.45) is 2.02. The van der Waals surface area contributed by atoms with Crippen LogP contribution in [-0.2, 0) is 34.5 Å². The summed E-state index contributed by atoms with van der Waals surface area (Å²) < 4.78 is 9.62. The molecular weight excluding hydrogens is 472 g/mol. The molecule has 0 amide bonds. The molecule has 1 unspecified atom stereocenters. The highest BCUT2D eigenvalue weighted by Gasteiger charge is 2.36. The lowest BCUT2D eigenvalue weighted by atomic mass is 9.69. The molecule has 8 nitrogen and oxygen atoms in total. The second kappa shape index (κ2) is 13.9. The van der Waals surface area contributed by atoms with Gasteiger partial charge >= 0.3 is 11.9 Å². The molecule has 1 atom stereocenters. The van der Waals surface area contributed by atoms with Gasteiger partial charge in [0.1, 0.15) is 0 Å². The quantitative estimate of drug-likeness (QED) is 0.392. The van der Waals surface area contributed by atoms with Gasteiger partial charge in [-0.05, 0) is 79.2 Å². The minimum absolute atomic E-state index is 0.0483. The molecule has 0 fully saturated rings. The Bertz CT molecular complexity index is 1090. The van der Waals surface area contributed by atoms with Gasteiger partial charge in [0.05, 0.1) is 50.0 Å². The molecule has 2 rings (SSSR count). The maximum Gasteiger partial charge on any atom is 0.337 e. The van der Waals surface area contributed by atoms with E-state index in [4.69, 9.17) is 9.47 Å². The van der Waals surface area contributed by atoms with Crippen molar-refractivity contribution in [2.24, 2.45) is 5.92 Å². The van der Waals surface area contributed by atoms with Crippen LogP contribution in [0.25, 0.3) is 0 Å². The van der Waals surface area contributed by atoms with Gasteiger partial charge in [-0.1, -0.05) is 32.0 Å². The topological polar surface area (TPSA) is 120 Å². The van der Waals surface area contributed by atoms with Gasteiger partial charge < -0.3 is 24.6 Å². The van der Waals surface area contributed by atoms with E-state index < -0.39 is 17.4 Å². The van der Waals surface area contributed by atoms with Crippen LogP contribution >= 0.6 is 0 Å². The molecule has 200 valence electrons. The Hall–Kier alpha value is -3.25. The van der Waals surface area contributed by atoms with E-state index in [0.717, 1.165) is 24.1 Å². The molecule has 0 spiro atoms. The normalized spacial score (nSPS) is 12.8. The number of likely N-dealkylation sites (N-methyl/N-ethyl adjacent to an activating group) is 1. The van der Waals surface area contributed by atoms with Crippen LogP contribution in [0.3, 0.4) is 0 Å². The van der Waals surface area contributed by atoms with E-state index in [9.17, 15) is 25.1 Å². The lowest BCUT2D eigenvalue weighted by Crippen LogP contribution is -2.33. The number of nitriles is 1. The summed E-state index contributed by atoms with van der Waals surface area (Å²) in [4.78, 5) is 26.2. The third kappa shape index (κ3) is 7.39. The van der Waals surface area contributed by atoms with Crippen molar-refractivity contribution >= 4 is 11.9 Å². The van der Waals surface area contributed by atoms with Crippen LogP contribution in [0.5, 0.6) is 0 Å². The number of rotatable bonds is 13. The molecule has 8 heteroatoms. The van der Waals surface area contributed by atoms with E-state index >= 15 is 0 Å². The Balaban J connectivity index is 2.10. The molecule has 0 aromatic heterocycles. The van der Waals surface area contributed by atoms with Gasteiger partial charge in [-0.15, -0.1) is 0 Å². The number of aliphatic hydroxyl groups is 2. The largest absolute Gasteiger partial charge is 0.465 e. The first kappa shape index (κ1) is 30.0. The summed E-state index contributed by atoms with van der Waals surface area (Å²) in [7, 11) is 4.59. The highest BCUT2D eigenvalue weighted by atomic mass is 16.5. The zero-order chi connectivity index (χ0) is 27.6. The van der Waals surface area contributed by atoms with Crippen molar-refractivity contribution in [1.82, 2.24) is 4.90 Å². The van der Waals surface area contributed by atoms with E-state index in [1.54, 1.807) is 18.2 Å². The third-order valence-corrected chi connectivity index (χ3v) is 6.98. The molecule has 0 radical (unpaired) electrons. The summed E-state index contributed by atoms with van der Waals surface area (Å²) >= 11 is 0. The van der Waals surface area contributed by atoms with E-state index in [0.29, 0.717) is 41.6 Å². The first-order valence-corrected chi connectivity index (χ1v) is 12.4. The van der Waals surface area contributed by atoms with Crippen LogP contribution in [0.4, 0.5) is 0 Å². The molecule has 2 N–H and O–H groups in total. The number of benzene rings is 2. The summed E-state index contributed by atoms with van der Waals surface area (Å²) in [5.41, 5.74) is 2.85. The Labute approximate surface area is 219 Å². The highest BCUT2D eigenvalue weighted by Crippen LogP contribution is 2.37. The molecule has 0 aliphatic carbocycles. The number of hydrogen-bond donors (Lipinski definition) is 2. The van der Waals surface area contributed by atoms with E-state index in [-0.39, 0.29) is 19.1 Å². The second-order valence-electron chi connectivity index (χ2n) is 9.60. The fourth-order valence-corrected chi connectivity index (χ4v) is 4.59. The van der Waals surface area contributed by atoms with E-state index in [2.05, 4.69) is 11.0 Å². The van der Waals surface area contributed by atoms with E-state index in [1.165, 1.54) is 20.3 Å². The molecule has 0 bridgehead atoms. The molecule has 37 heavy (non-hydrogen) atoms. The predicted octanol–water partition coefficient (Wildman–Crippen LogP) is 3.62. The number of methoxy groups -OCH3 is 2. The van der Waals surface area contributed by atoms with Crippen LogP contribution in [0.2, 0.25) is 0 Å². The lowest BCUT2D eigenvalue weighted by molar-refractivity contribution is 0.0599. The van der Waals surface area contributed by atoms with Crippen molar-refractivity contribution in [3.05, 3.63) is 69.8 Å². The smallest absolute Gasteiger partial charge is 0.337 e. The Morgan fingerprint density at radius 1 is 0.973 bits per heavy atom. The summed E-state index contributed by atoms with van der Waals surface area (Å²) in [5.74, 6) is -0.983. The Morgan fingerprint density at radius 3 is 2.05 bits per heavy atom. The van der Waals surface area contributed by atoms with Crippen molar-refractivity contribution in [1.29, 1.82) is 5.26 Å². The Morgan fingerprint density at radius 2 is 1.57 bits per heavy atom. The summed E-state index contributed by atoms with van der Waals surface area (Å²) in [6.45, 7) is 5.13. The number of aliphatic hydroxyl groups excluding tert-OH is 2. The maximum absolute atomic E-state index is 12.0. The second-order valence-corrected chi connectivity index (χ2v) is 9.60. The number of esters is 2. The molecule has 0 saturated carbocycles. The van der Waals surface area contributed by atoms with Crippen molar-refractivity contribution in [3.63, 3.8) is 0 Å². The Kier molecular flexibility index (Phi) is 11.3. The number of nitrogens with zero attached hydrogens (tertiary/aromatic N) is 2. The minimum atomic E-state index is -0.719. The zero-order valence-corrected chi connectivity index (χ0v) is 22.4. The fourth-order valence-electron chi connectivity index (χ4n) is 4.59. The average molecular weight is 511 g/mol. The van der Waals surface area contributed by atoms with Crippen molar-refractivity contribution in [3.8, 4) is 6.07 Å². The van der Waals surface area contributed by atoms with Gasteiger partial charge in [0.15, 0.2) is 0 Å². The molecule has 0 heterocycles. The SMILES string of the molecule is COC(=O)c1cc(CCN(C)CCCC(C#N)(c2ccc(CO)c(CO)c2)C(C)C)cc(C(=O)OC)c1. The molecular formula is C29H38N2O6. The predicted molar refractivity (Wildman–Crippen MR) is 140 cm³/mol. The third-order valence-electron chi connectivity index (χ3n) is 6.98. The first-order chi connectivity index (χ1) is 17.6. The summed E-state index contributed by atoms with van der Waals surface area (Å²) in [6, 6.07) is 13.0. The van der Waals surface area contributed by atoms with Gasteiger partial charge in [-0.2, -0.15) is 5.26 Å².